The zero-order chi connectivity index (χ0) is 14.3. The minimum atomic E-state index is -0.657. The SMILES string of the molecule is O=[N+]([O-])c1ccc2c(c1)N(c1nc(Cl)ncc1F)CN2. The van der Waals surface area contributed by atoms with Gasteiger partial charge in [-0.2, -0.15) is 4.98 Å². The lowest BCUT2D eigenvalue weighted by molar-refractivity contribution is -0.384. The summed E-state index contributed by atoms with van der Waals surface area (Å²) in [6, 6.07) is 4.29. The molecular formula is C11H7ClFN5O2. The molecule has 1 aliphatic heterocycles. The predicted octanol–water partition coefficient (Wildman–Crippen LogP) is 2.70. The van der Waals surface area contributed by atoms with Gasteiger partial charge in [-0.3, -0.25) is 10.1 Å². The lowest BCUT2D eigenvalue weighted by Gasteiger charge is -2.17. The summed E-state index contributed by atoms with van der Waals surface area (Å²) in [6.45, 7) is 0.237. The molecular weight excluding hydrogens is 289 g/mol. The van der Waals surface area contributed by atoms with Gasteiger partial charge in [0.1, 0.15) is 0 Å². The molecule has 0 fully saturated rings. The maximum Gasteiger partial charge on any atom is 0.271 e. The highest BCUT2D eigenvalue weighted by molar-refractivity contribution is 6.28. The topological polar surface area (TPSA) is 84.2 Å². The Labute approximate surface area is 117 Å². The molecule has 0 amide bonds. The summed E-state index contributed by atoms with van der Waals surface area (Å²) in [5.74, 6) is -0.688. The number of fused-ring (bicyclic) bond motifs is 1. The molecule has 0 atom stereocenters. The van der Waals surface area contributed by atoms with Crippen molar-refractivity contribution >= 4 is 34.5 Å². The monoisotopic (exact) mass is 295 g/mol. The number of aromatic nitrogens is 2. The molecule has 2 heterocycles. The molecule has 7 nitrogen and oxygen atoms in total. The number of anilines is 3. The van der Waals surface area contributed by atoms with Crippen LogP contribution in [0.25, 0.3) is 0 Å². The van der Waals surface area contributed by atoms with E-state index in [0.717, 1.165) is 6.20 Å². The van der Waals surface area contributed by atoms with E-state index >= 15 is 0 Å². The molecule has 0 saturated heterocycles. The van der Waals surface area contributed by atoms with Crippen LogP contribution in [0.4, 0.5) is 27.3 Å². The third-order valence-electron chi connectivity index (χ3n) is 2.86. The van der Waals surface area contributed by atoms with Crippen molar-refractivity contribution in [3.63, 3.8) is 0 Å². The van der Waals surface area contributed by atoms with E-state index in [1.807, 2.05) is 0 Å². The van der Waals surface area contributed by atoms with Gasteiger partial charge in [0, 0.05) is 12.1 Å². The quantitative estimate of drug-likeness (QED) is 0.521. The van der Waals surface area contributed by atoms with Gasteiger partial charge in [0.05, 0.1) is 29.2 Å². The highest BCUT2D eigenvalue weighted by Crippen LogP contribution is 2.39. The summed E-state index contributed by atoms with van der Waals surface area (Å²) in [4.78, 5) is 19.1. The second-order valence-corrected chi connectivity index (χ2v) is 4.37. The Morgan fingerprint density at radius 2 is 2.30 bits per heavy atom. The van der Waals surface area contributed by atoms with Crippen LogP contribution < -0.4 is 10.2 Å². The molecule has 1 aromatic heterocycles. The molecule has 0 spiro atoms. The van der Waals surface area contributed by atoms with E-state index in [1.165, 1.54) is 17.0 Å². The van der Waals surface area contributed by atoms with E-state index in [2.05, 4.69) is 15.3 Å². The first kappa shape index (κ1) is 12.5. The Morgan fingerprint density at radius 3 is 3.05 bits per heavy atom. The molecule has 1 N–H and O–H groups in total. The Hall–Kier alpha value is -2.48. The second kappa shape index (κ2) is 4.57. The van der Waals surface area contributed by atoms with Gasteiger partial charge in [-0.1, -0.05) is 0 Å². The summed E-state index contributed by atoms with van der Waals surface area (Å²) in [5, 5.41) is 13.7. The zero-order valence-corrected chi connectivity index (χ0v) is 10.6. The summed E-state index contributed by atoms with van der Waals surface area (Å²) in [7, 11) is 0. The van der Waals surface area contributed by atoms with E-state index in [-0.39, 0.29) is 23.5 Å². The van der Waals surface area contributed by atoms with E-state index in [9.17, 15) is 14.5 Å². The van der Waals surface area contributed by atoms with Gasteiger partial charge < -0.3 is 10.2 Å². The minimum absolute atomic E-state index is 0.0308. The van der Waals surface area contributed by atoms with Gasteiger partial charge in [0.15, 0.2) is 11.6 Å². The van der Waals surface area contributed by atoms with Crippen molar-refractivity contribution in [3.8, 4) is 0 Å². The van der Waals surface area contributed by atoms with Gasteiger partial charge >= 0.3 is 0 Å². The molecule has 0 aliphatic carbocycles. The maximum atomic E-state index is 13.8. The molecule has 1 aliphatic rings. The molecule has 3 rings (SSSR count). The number of nitrogens with one attached hydrogen (secondary N) is 1. The molecule has 102 valence electrons. The van der Waals surface area contributed by atoms with Crippen LogP contribution in [-0.4, -0.2) is 21.6 Å². The van der Waals surface area contributed by atoms with Crippen molar-refractivity contribution in [1.29, 1.82) is 0 Å². The standard InChI is InChI=1S/C11H7ClFN5O2/c12-11-14-4-7(13)10(16-11)17-5-15-8-2-1-6(18(19)20)3-9(8)17/h1-4,15H,5H2. The fourth-order valence-corrected chi connectivity index (χ4v) is 2.10. The molecule has 2 aromatic rings. The van der Waals surface area contributed by atoms with Crippen molar-refractivity contribution in [3.05, 3.63) is 45.6 Å². The van der Waals surface area contributed by atoms with Gasteiger partial charge in [0.2, 0.25) is 5.28 Å². The molecule has 0 unspecified atom stereocenters. The lowest BCUT2D eigenvalue weighted by Crippen LogP contribution is -2.19. The summed E-state index contributed by atoms with van der Waals surface area (Å²) in [6.07, 6.45) is 0.958. The fourth-order valence-electron chi connectivity index (χ4n) is 1.97. The average Bonchev–Trinajstić information content (AvgIpc) is 2.84. The minimum Gasteiger partial charge on any atom is -0.366 e. The highest BCUT2D eigenvalue weighted by Gasteiger charge is 2.26. The first-order valence-electron chi connectivity index (χ1n) is 5.54. The van der Waals surface area contributed by atoms with E-state index in [4.69, 9.17) is 11.6 Å². The van der Waals surface area contributed by atoms with Crippen molar-refractivity contribution in [1.82, 2.24) is 9.97 Å². The number of halogens is 2. The van der Waals surface area contributed by atoms with Crippen LogP contribution in [0.15, 0.2) is 24.4 Å². The zero-order valence-electron chi connectivity index (χ0n) is 9.88. The smallest absolute Gasteiger partial charge is 0.271 e. The Balaban J connectivity index is 2.10. The molecule has 20 heavy (non-hydrogen) atoms. The van der Waals surface area contributed by atoms with Crippen LogP contribution in [0, 0.1) is 15.9 Å². The maximum absolute atomic E-state index is 13.8. The number of benzene rings is 1. The average molecular weight is 296 g/mol. The molecule has 0 saturated carbocycles. The summed E-state index contributed by atoms with van der Waals surface area (Å²) >= 11 is 5.66. The Morgan fingerprint density at radius 1 is 1.50 bits per heavy atom. The number of nitrogens with zero attached hydrogens (tertiary/aromatic N) is 4. The van der Waals surface area contributed by atoms with Crippen LogP contribution in [0.2, 0.25) is 5.28 Å². The van der Waals surface area contributed by atoms with Crippen LogP contribution in [-0.2, 0) is 0 Å². The molecule has 0 bridgehead atoms. The normalized spacial score (nSPS) is 13.0. The van der Waals surface area contributed by atoms with Crippen LogP contribution in [0.5, 0.6) is 0 Å². The third-order valence-corrected chi connectivity index (χ3v) is 3.04. The number of non-ortho nitro benzene ring substituents is 1. The van der Waals surface area contributed by atoms with Crippen molar-refractivity contribution < 1.29 is 9.31 Å². The lowest BCUT2D eigenvalue weighted by atomic mass is 10.2. The van der Waals surface area contributed by atoms with E-state index < -0.39 is 10.7 Å². The van der Waals surface area contributed by atoms with Gasteiger partial charge in [-0.15, -0.1) is 0 Å². The Bertz CT molecular complexity index is 711. The number of nitro groups is 1. The van der Waals surface area contributed by atoms with Crippen molar-refractivity contribution in [2.75, 3.05) is 16.9 Å². The number of hydrogen-bond donors (Lipinski definition) is 1. The number of nitro benzene ring substituents is 1. The van der Waals surface area contributed by atoms with Gasteiger partial charge in [-0.05, 0) is 17.7 Å². The van der Waals surface area contributed by atoms with Crippen LogP contribution in [0.3, 0.4) is 0 Å². The van der Waals surface area contributed by atoms with Crippen molar-refractivity contribution in [2.24, 2.45) is 0 Å². The summed E-state index contributed by atoms with van der Waals surface area (Å²) < 4.78 is 13.8. The molecule has 1 aromatic carbocycles. The van der Waals surface area contributed by atoms with E-state index in [0.29, 0.717) is 11.4 Å². The van der Waals surface area contributed by atoms with Gasteiger partial charge in [0.25, 0.3) is 5.69 Å². The third kappa shape index (κ3) is 1.99. The number of rotatable bonds is 2. The van der Waals surface area contributed by atoms with Crippen LogP contribution >= 0.6 is 11.6 Å². The number of hydrogen-bond acceptors (Lipinski definition) is 6. The van der Waals surface area contributed by atoms with Gasteiger partial charge in [-0.25, -0.2) is 9.37 Å². The van der Waals surface area contributed by atoms with E-state index in [1.54, 1.807) is 6.07 Å². The highest BCUT2D eigenvalue weighted by atomic mass is 35.5. The Kier molecular flexibility index (Phi) is 2.87. The predicted molar refractivity (Wildman–Crippen MR) is 70.7 cm³/mol. The first-order valence-corrected chi connectivity index (χ1v) is 5.92. The second-order valence-electron chi connectivity index (χ2n) is 4.03. The molecule has 0 radical (unpaired) electrons. The first-order chi connectivity index (χ1) is 9.56. The largest absolute Gasteiger partial charge is 0.366 e. The van der Waals surface area contributed by atoms with Crippen molar-refractivity contribution in [2.45, 2.75) is 0 Å². The molecule has 9 heteroatoms. The van der Waals surface area contributed by atoms with Crippen LogP contribution in [0.1, 0.15) is 0 Å². The fraction of sp³-hybridized carbons (Fsp3) is 0.0909. The summed E-state index contributed by atoms with van der Waals surface area (Å²) in [5.41, 5.74) is 1.04.